The molecule has 0 radical (unpaired) electrons. The molecule has 0 bridgehead atoms. The Morgan fingerprint density at radius 2 is 2.18 bits per heavy atom. The van der Waals surface area contributed by atoms with Gasteiger partial charge in [-0.2, -0.15) is 0 Å². The van der Waals surface area contributed by atoms with Gasteiger partial charge in [0.1, 0.15) is 5.15 Å². The van der Waals surface area contributed by atoms with E-state index in [1.54, 1.807) is 6.07 Å². The summed E-state index contributed by atoms with van der Waals surface area (Å²) in [5, 5.41) is 3.03. The van der Waals surface area contributed by atoms with Crippen LogP contribution in [-0.2, 0) is 9.53 Å². The van der Waals surface area contributed by atoms with E-state index in [2.05, 4.69) is 24.1 Å². The summed E-state index contributed by atoms with van der Waals surface area (Å²) in [6.45, 7) is 4.05. The van der Waals surface area contributed by atoms with E-state index < -0.39 is 5.97 Å². The highest BCUT2D eigenvalue weighted by molar-refractivity contribution is 6.32. The number of nitrogens with one attached hydrogen (secondary N) is 1. The minimum atomic E-state index is -0.640. The molecule has 1 aromatic rings. The van der Waals surface area contributed by atoms with Crippen molar-refractivity contribution >= 4 is 23.5 Å². The predicted octanol–water partition coefficient (Wildman–Crippen LogP) is 2.83. The molecule has 1 N–H and O–H groups in total. The first-order chi connectivity index (χ1) is 10.5. The summed E-state index contributed by atoms with van der Waals surface area (Å²) in [5.74, 6) is 0.106. The number of aromatic nitrogens is 1. The summed E-state index contributed by atoms with van der Waals surface area (Å²) in [5.41, 5.74) is 0.164. The summed E-state index contributed by atoms with van der Waals surface area (Å²) < 4.78 is 5.00. The Balaban J connectivity index is 1.83. The van der Waals surface area contributed by atoms with Gasteiger partial charge < -0.3 is 10.1 Å². The van der Waals surface area contributed by atoms with Crippen LogP contribution in [-0.4, -0.2) is 29.5 Å². The minimum Gasteiger partial charge on any atom is -0.452 e. The Hall–Kier alpha value is -1.62. The van der Waals surface area contributed by atoms with Gasteiger partial charge in [-0.3, -0.25) is 4.79 Å². The van der Waals surface area contributed by atoms with Crippen LogP contribution in [0.1, 0.15) is 43.5 Å². The van der Waals surface area contributed by atoms with Crippen LogP contribution in [0.25, 0.3) is 0 Å². The van der Waals surface area contributed by atoms with Gasteiger partial charge in [-0.25, -0.2) is 9.78 Å². The van der Waals surface area contributed by atoms with Crippen LogP contribution in [0, 0.1) is 11.8 Å². The SMILES string of the molecule is C[C@H]1[C@H](C)CCC[C@@H]1NC(=O)COC(=O)c1cccnc1Cl. The van der Waals surface area contributed by atoms with E-state index in [1.807, 2.05) is 0 Å². The van der Waals surface area contributed by atoms with Crippen molar-refractivity contribution in [2.45, 2.75) is 39.2 Å². The monoisotopic (exact) mass is 324 g/mol. The molecule has 5 nitrogen and oxygen atoms in total. The second-order valence-electron chi connectivity index (χ2n) is 5.86. The first-order valence-corrected chi connectivity index (χ1v) is 7.94. The predicted molar refractivity (Wildman–Crippen MR) is 83.6 cm³/mol. The number of rotatable bonds is 4. The number of carbonyl (C=O) groups is 2. The molecule has 22 heavy (non-hydrogen) atoms. The molecule has 1 heterocycles. The average Bonchev–Trinajstić information content (AvgIpc) is 2.50. The van der Waals surface area contributed by atoms with Crippen molar-refractivity contribution in [3.8, 4) is 0 Å². The molecule has 1 aliphatic carbocycles. The molecular formula is C16H21ClN2O3. The van der Waals surface area contributed by atoms with E-state index in [1.165, 1.54) is 18.7 Å². The van der Waals surface area contributed by atoms with Gasteiger partial charge in [-0.05, 0) is 30.4 Å². The number of hydrogen-bond acceptors (Lipinski definition) is 4. The molecule has 0 aromatic carbocycles. The molecule has 0 unspecified atom stereocenters. The Bertz CT molecular complexity index is 550. The maximum absolute atomic E-state index is 11.9. The van der Waals surface area contributed by atoms with Crippen molar-refractivity contribution in [3.63, 3.8) is 0 Å². The Kier molecular flexibility index (Phi) is 5.77. The zero-order chi connectivity index (χ0) is 16.1. The van der Waals surface area contributed by atoms with Crippen molar-refractivity contribution < 1.29 is 14.3 Å². The summed E-state index contributed by atoms with van der Waals surface area (Å²) in [6.07, 6.45) is 4.76. The molecule has 6 heteroatoms. The highest BCUT2D eigenvalue weighted by Gasteiger charge is 2.28. The van der Waals surface area contributed by atoms with Crippen molar-refractivity contribution in [1.29, 1.82) is 0 Å². The van der Waals surface area contributed by atoms with E-state index in [0.717, 1.165) is 12.8 Å². The highest BCUT2D eigenvalue weighted by atomic mass is 35.5. The second kappa shape index (κ2) is 7.58. The maximum Gasteiger partial charge on any atom is 0.341 e. The van der Waals surface area contributed by atoms with Gasteiger partial charge >= 0.3 is 5.97 Å². The van der Waals surface area contributed by atoms with E-state index in [4.69, 9.17) is 16.3 Å². The molecule has 1 aliphatic rings. The number of halogens is 1. The molecule has 120 valence electrons. The lowest BCUT2D eigenvalue weighted by Gasteiger charge is -2.34. The van der Waals surface area contributed by atoms with Gasteiger partial charge in [0.2, 0.25) is 0 Å². The maximum atomic E-state index is 11.9. The lowest BCUT2D eigenvalue weighted by molar-refractivity contribution is -0.125. The highest BCUT2D eigenvalue weighted by Crippen LogP contribution is 2.29. The molecule has 1 amide bonds. The second-order valence-corrected chi connectivity index (χ2v) is 6.22. The molecule has 2 rings (SSSR count). The van der Waals surface area contributed by atoms with Crippen LogP contribution < -0.4 is 5.32 Å². The largest absolute Gasteiger partial charge is 0.452 e. The Morgan fingerprint density at radius 3 is 2.91 bits per heavy atom. The fourth-order valence-corrected chi connectivity index (χ4v) is 2.98. The fraction of sp³-hybridized carbons (Fsp3) is 0.562. The molecule has 0 spiro atoms. The fourth-order valence-electron chi connectivity index (χ4n) is 2.78. The van der Waals surface area contributed by atoms with Gasteiger partial charge in [0.15, 0.2) is 6.61 Å². The number of esters is 1. The van der Waals surface area contributed by atoms with Crippen LogP contribution in [0.3, 0.4) is 0 Å². The van der Waals surface area contributed by atoms with Crippen molar-refractivity contribution in [2.24, 2.45) is 11.8 Å². The zero-order valence-corrected chi connectivity index (χ0v) is 13.6. The van der Waals surface area contributed by atoms with Gasteiger partial charge in [0.25, 0.3) is 5.91 Å². The smallest absolute Gasteiger partial charge is 0.341 e. The van der Waals surface area contributed by atoms with Gasteiger partial charge in [-0.15, -0.1) is 0 Å². The third kappa shape index (κ3) is 4.19. The van der Waals surface area contributed by atoms with Gasteiger partial charge in [-0.1, -0.05) is 38.3 Å². The van der Waals surface area contributed by atoms with Crippen LogP contribution in [0.4, 0.5) is 0 Å². The number of ether oxygens (including phenoxy) is 1. The lowest BCUT2D eigenvalue weighted by atomic mass is 9.78. The molecule has 1 aromatic heterocycles. The van der Waals surface area contributed by atoms with Gasteiger partial charge in [0, 0.05) is 12.2 Å². The number of pyridine rings is 1. The molecule has 3 atom stereocenters. The normalized spacial score (nSPS) is 24.6. The first kappa shape index (κ1) is 16.7. The Morgan fingerprint density at radius 1 is 1.41 bits per heavy atom. The molecule has 1 fully saturated rings. The molecule has 0 saturated heterocycles. The number of hydrogen-bond donors (Lipinski definition) is 1. The van der Waals surface area contributed by atoms with Crippen LogP contribution in [0.2, 0.25) is 5.15 Å². The third-order valence-corrected chi connectivity index (χ3v) is 4.67. The Labute approximate surface area is 135 Å². The van der Waals surface area contributed by atoms with Crippen molar-refractivity contribution in [2.75, 3.05) is 6.61 Å². The standard InChI is InChI=1S/C16H21ClN2O3/c1-10-5-3-7-13(11(10)2)19-14(20)9-22-16(21)12-6-4-8-18-15(12)17/h4,6,8,10-11,13H,3,5,7,9H2,1-2H3,(H,19,20)/t10-,11+,13+/m1/s1. The van der Waals surface area contributed by atoms with Crippen molar-refractivity contribution in [3.05, 3.63) is 29.0 Å². The summed E-state index contributed by atoms with van der Waals surface area (Å²) in [4.78, 5) is 27.6. The van der Waals surface area contributed by atoms with E-state index >= 15 is 0 Å². The third-order valence-electron chi connectivity index (χ3n) is 4.37. The minimum absolute atomic E-state index is 0.0719. The number of amides is 1. The first-order valence-electron chi connectivity index (χ1n) is 7.56. The molecule has 0 aliphatic heterocycles. The molecule has 1 saturated carbocycles. The number of nitrogens with zero attached hydrogens (tertiary/aromatic N) is 1. The average molecular weight is 325 g/mol. The van der Waals surface area contributed by atoms with Crippen LogP contribution in [0.5, 0.6) is 0 Å². The topological polar surface area (TPSA) is 68.3 Å². The van der Waals surface area contributed by atoms with E-state index in [9.17, 15) is 9.59 Å². The summed E-state index contributed by atoms with van der Waals surface area (Å²) in [6, 6.07) is 3.26. The quantitative estimate of drug-likeness (QED) is 0.683. The number of carbonyl (C=O) groups excluding carboxylic acids is 2. The van der Waals surface area contributed by atoms with E-state index in [-0.39, 0.29) is 29.3 Å². The van der Waals surface area contributed by atoms with Crippen molar-refractivity contribution in [1.82, 2.24) is 10.3 Å². The summed E-state index contributed by atoms with van der Waals surface area (Å²) in [7, 11) is 0. The molecular weight excluding hydrogens is 304 g/mol. The van der Waals surface area contributed by atoms with Crippen LogP contribution >= 0.6 is 11.6 Å². The van der Waals surface area contributed by atoms with E-state index in [0.29, 0.717) is 11.8 Å². The van der Waals surface area contributed by atoms with Gasteiger partial charge in [0.05, 0.1) is 5.56 Å². The lowest BCUT2D eigenvalue weighted by Crippen LogP contribution is -2.45. The van der Waals surface area contributed by atoms with Crippen LogP contribution in [0.15, 0.2) is 18.3 Å². The summed E-state index contributed by atoms with van der Waals surface area (Å²) >= 11 is 5.81. The zero-order valence-electron chi connectivity index (χ0n) is 12.8.